The van der Waals surface area contributed by atoms with Crippen LogP contribution in [-0.4, -0.2) is 14.1 Å². The third-order valence-electron chi connectivity index (χ3n) is 0.935. The van der Waals surface area contributed by atoms with E-state index >= 15 is 0 Å². The van der Waals surface area contributed by atoms with Crippen LogP contribution >= 0.6 is 0 Å². The average Bonchev–Trinajstić information content (AvgIpc) is 1.88. The van der Waals surface area contributed by atoms with Crippen LogP contribution < -0.4 is 10.6 Å². The molecule has 0 aliphatic heterocycles. The normalized spacial score (nSPS) is 12.1. The third-order valence-corrected chi connectivity index (χ3v) is 0.935. The summed E-state index contributed by atoms with van der Waals surface area (Å²) in [7, 11) is 3.77. The molecule has 0 aromatic heterocycles. The van der Waals surface area contributed by atoms with Crippen molar-refractivity contribution in [1.82, 2.24) is 10.6 Å². The van der Waals surface area contributed by atoms with E-state index < -0.39 is 0 Å². The van der Waals surface area contributed by atoms with Gasteiger partial charge in [0.2, 0.25) is 0 Å². The molecule has 0 radical (unpaired) electrons. The summed E-state index contributed by atoms with van der Waals surface area (Å²) in [6.45, 7) is 1.99. The molecule has 0 fully saturated rings. The van der Waals surface area contributed by atoms with Crippen molar-refractivity contribution in [2.24, 2.45) is 0 Å². The number of hydrogen-bond donors (Lipinski definition) is 2. The van der Waals surface area contributed by atoms with Crippen molar-refractivity contribution in [3.8, 4) is 0 Å². The predicted octanol–water partition coefficient (Wildman–Crippen LogP) is 0.843. The van der Waals surface area contributed by atoms with Crippen molar-refractivity contribution in [2.75, 3.05) is 14.1 Å². The van der Waals surface area contributed by atoms with Crippen LogP contribution in [0, 0.1) is 0 Å². The van der Waals surface area contributed by atoms with E-state index in [1.807, 2.05) is 39.4 Å². The van der Waals surface area contributed by atoms with E-state index in [9.17, 15) is 0 Å². The van der Waals surface area contributed by atoms with E-state index in [1.165, 1.54) is 0 Å². The zero-order valence-corrected chi connectivity index (χ0v) is 6.23. The smallest absolute Gasteiger partial charge is 0.0493 e. The van der Waals surface area contributed by atoms with Crippen molar-refractivity contribution in [2.45, 2.75) is 6.92 Å². The molecule has 52 valence electrons. The van der Waals surface area contributed by atoms with Gasteiger partial charge in [-0.1, -0.05) is 6.08 Å². The van der Waals surface area contributed by atoms with E-state index in [0.717, 1.165) is 5.70 Å². The van der Waals surface area contributed by atoms with Crippen LogP contribution in [0.3, 0.4) is 0 Å². The van der Waals surface area contributed by atoms with Gasteiger partial charge in [0.25, 0.3) is 0 Å². The Hall–Kier alpha value is -0.920. The molecule has 0 aromatic rings. The highest BCUT2D eigenvalue weighted by Crippen LogP contribution is 1.86. The highest BCUT2D eigenvalue weighted by Gasteiger charge is 1.79. The average molecular weight is 126 g/mol. The van der Waals surface area contributed by atoms with E-state index in [1.54, 1.807) is 0 Å². The maximum atomic E-state index is 3.02. The van der Waals surface area contributed by atoms with Gasteiger partial charge in [-0.05, 0) is 13.0 Å². The summed E-state index contributed by atoms with van der Waals surface area (Å²) < 4.78 is 0. The van der Waals surface area contributed by atoms with Gasteiger partial charge in [0.1, 0.15) is 0 Å². The Morgan fingerprint density at radius 1 is 1.33 bits per heavy atom. The zero-order chi connectivity index (χ0) is 7.11. The van der Waals surface area contributed by atoms with Crippen LogP contribution in [0.5, 0.6) is 0 Å². The lowest BCUT2D eigenvalue weighted by molar-refractivity contribution is 0.977. The lowest BCUT2D eigenvalue weighted by Crippen LogP contribution is -2.07. The number of hydrogen-bond acceptors (Lipinski definition) is 2. The second kappa shape index (κ2) is 5.22. The number of nitrogens with one attached hydrogen (secondary N) is 2. The van der Waals surface area contributed by atoms with E-state index in [4.69, 9.17) is 0 Å². The molecule has 9 heavy (non-hydrogen) atoms. The Kier molecular flexibility index (Phi) is 4.69. The summed E-state index contributed by atoms with van der Waals surface area (Å²) >= 11 is 0. The number of allylic oxidation sites excluding steroid dienone is 2. The molecule has 2 nitrogen and oxygen atoms in total. The molecule has 0 amide bonds. The van der Waals surface area contributed by atoms with Crippen molar-refractivity contribution < 1.29 is 0 Å². The van der Waals surface area contributed by atoms with Crippen LogP contribution in [0.15, 0.2) is 24.0 Å². The van der Waals surface area contributed by atoms with E-state index in [0.29, 0.717) is 0 Å². The molecule has 0 aliphatic rings. The number of rotatable bonds is 3. The highest BCUT2D eigenvalue weighted by molar-refractivity contribution is 5.14. The maximum absolute atomic E-state index is 3.02. The first-order valence-electron chi connectivity index (χ1n) is 3.03. The van der Waals surface area contributed by atoms with Gasteiger partial charge in [-0.25, -0.2) is 0 Å². The van der Waals surface area contributed by atoms with Gasteiger partial charge in [-0.2, -0.15) is 0 Å². The second-order valence-corrected chi connectivity index (χ2v) is 1.64. The van der Waals surface area contributed by atoms with Gasteiger partial charge in [0.05, 0.1) is 0 Å². The SMILES string of the molecule is C/C=C\C(=C/NC)NC. The van der Waals surface area contributed by atoms with Crippen molar-refractivity contribution in [3.63, 3.8) is 0 Å². The summed E-state index contributed by atoms with van der Waals surface area (Å²) in [4.78, 5) is 0. The molecule has 0 aliphatic carbocycles. The van der Waals surface area contributed by atoms with Crippen LogP contribution in [0.4, 0.5) is 0 Å². The van der Waals surface area contributed by atoms with Gasteiger partial charge in [-0.15, -0.1) is 0 Å². The van der Waals surface area contributed by atoms with Crippen molar-refractivity contribution in [3.05, 3.63) is 24.0 Å². The van der Waals surface area contributed by atoms with E-state index in [-0.39, 0.29) is 0 Å². The Bertz CT molecular complexity index is 114. The lowest BCUT2D eigenvalue weighted by atomic mass is 10.4. The number of likely N-dealkylation sites (N-methyl/N-ethyl adjacent to an activating group) is 1. The topological polar surface area (TPSA) is 24.1 Å². The molecule has 0 atom stereocenters. The van der Waals surface area contributed by atoms with E-state index in [2.05, 4.69) is 10.6 Å². The monoisotopic (exact) mass is 126 g/mol. The molecule has 0 bridgehead atoms. The van der Waals surface area contributed by atoms with Gasteiger partial charge < -0.3 is 10.6 Å². The fraction of sp³-hybridized carbons (Fsp3) is 0.429. The Morgan fingerprint density at radius 3 is 2.33 bits per heavy atom. The Morgan fingerprint density at radius 2 is 2.00 bits per heavy atom. The molecular weight excluding hydrogens is 112 g/mol. The molecule has 0 aromatic carbocycles. The fourth-order valence-corrected chi connectivity index (χ4v) is 0.539. The molecule has 0 spiro atoms. The largest absolute Gasteiger partial charge is 0.392 e. The van der Waals surface area contributed by atoms with Crippen molar-refractivity contribution >= 4 is 0 Å². The van der Waals surface area contributed by atoms with Gasteiger partial charge >= 0.3 is 0 Å². The maximum Gasteiger partial charge on any atom is 0.0493 e. The minimum absolute atomic E-state index is 1.08. The van der Waals surface area contributed by atoms with Gasteiger partial charge in [0, 0.05) is 26.0 Å². The first kappa shape index (κ1) is 8.08. The molecule has 0 heterocycles. The fourth-order valence-electron chi connectivity index (χ4n) is 0.539. The van der Waals surface area contributed by atoms with Crippen LogP contribution in [0.1, 0.15) is 6.92 Å². The molecule has 0 unspecified atom stereocenters. The Labute approximate surface area is 56.6 Å². The summed E-state index contributed by atoms with van der Waals surface area (Å²) in [5, 5.41) is 5.94. The summed E-state index contributed by atoms with van der Waals surface area (Å²) in [6.07, 6.45) is 5.89. The zero-order valence-electron chi connectivity index (χ0n) is 6.23. The molecule has 2 heteroatoms. The molecule has 0 rings (SSSR count). The van der Waals surface area contributed by atoms with Crippen LogP contribution in [-0.2, 0) is 0 Å². The highest BCUT2D eigenvalue weighted by atomic mass is 14.9. The second-order valence-electron chi connectivity index (χ2n) is 1.64. The summed E-state index contributed by atoms with van der Waals surface area (Å²) in [5.41, 5.74) is 1.08. The minimum Gasteiger partial charge on any atom is -0.392 e. The van der Waals surface area contributed by atoms with Crippen molar-refractivity contribution in [1.29, 1.82) is 0 Å². The summed E-state index contributed by atoms with van der Waals surface area (Å²) in [6, 6.07) is 0. The quantitative estimate of drug-likeness (QED) is 0.548. The first-order valence-corrected chi connectivity index (χ1v) is 3.03. The first-order chi connectivity index (χ1) is 4.35. The molecule has 2 N–H and O–H groups in total. The van der Waals surface area contributed by atoms with Crippen LogP contribution in [0.2, 0.25) is 0 Å². The van der Waals surface area contributed by atoms with Gasteiger partial charge in [-0.3, -0.25) is 0 Å². The van der Waals surface area contributed by atoms with Gasteiger partial charge in [0.15, 0.2) is 0 Å². The third kappa shape index (κ3) is 3.64. The standard InChI is InChI=1S/C7H14N2/c1-4-5-7(9-3)6-8-2/h4-6,8-9H,1-3H3/b5-4-,7-6+. The lowest BCUT2D eigenvalue weighted by Gasteiger charge is -1.98. The molecular formula is C7H14N2. The summed E-state index contributed by atoms with van der Waals surface area (Å²) in [5.74, 6) is 0. The van der Waals surface area contributed by atoms with Crippen LogP contribution in [0.25, 0.3) is 0 Å². The Balaban J connectivity index is 3.81. The predicted molar refractivity (Wildman–Crippen MR) is 41.0 cm³/mol. The minimum atomic E-state index is 1.08. The molecule has 0 saturated heterocycles. The molecule has 0 saturated carbocycles.